The fourth-order valence-electron chi connectivity index (χ4n) is 4.35. The van der Waals surface area contributed by atoms with Gasteiger partial charge < -0.3 is 15.6 Å². The molecule has 1 atom stereocenters. The van der Waals surface area contributed by atoms with E-state index in [2.05, 4.69) is 9.97 Å². The van der Waals surface area contributed by atoms with Gasteiger partial charge in [-0.15, -0.1) is 0 Å². The summed E-state index contributed by atoms with van der Waals surface area (Å²) in [5.74, 6) is -0.209. The minimum absolute atomic E-state index is 0.0655. The number of hydrogen-bond donors (Lipinski definition) is 2. The largest absolute Gasteiger partial charge is 0.486 e. The average molecular weight is 484 g/mol. The number of nitrogens with zero attached hydrogens (tertiary/aromatic N) is 2. The summed E-state index contributed by atoms with van der Waals surface area (Å²) in [6.07, 6.45) is 4.64. The van der Waals surface area contributed by atoms with Gasteiger partial charge in [0.05, 0.1) is 18.1 Å². The molecule has 1 heterocycles. The molecule has 6 nitrogen and oxygen atoms in total. The van der Waals surface area contributed by atoms with Crippen molar-refractivity contribution in [3.05, 3.63) is 107 Å². The lowest BCUT2D eigenvalue weighted by Gasteiger charge is -2.28. The Morgan fingerprint density at radius 3 is 2.56 bits per heavy atom. The third-order valence-electron chi connectivity index (χ3n) is 6.58. The minimum Gasteiger partial charge on any atom is -0.486 e. The van der Waals surface area contributed by atoms with E-state index < -0.39 is 17.7 Å². The smallest absolute Gasteiger partial charge is 0.195 e. The van der Waals surface area contributed by atoms with E-state index in [1.807, 2.05) is 18.2 Å². The molecule has 182 valence electrons. The molecule has 5 rings (SSSR count). The van der Waals surface area contributed by atoms with Crippen LogP contribution in [-0.4, -0.2) is 20.9 Å². The van der Waals surface area contributed by atoms with Crippen LogP contribution >= 0.6 is 0 Å². The van der Waals surface area contributed by atoms with Gasteiger partial charge in [-0.1, -0.05) is 61.0 Å². The molecular formula is C29H26FN3O3. The molecule has 1 saturated carbocycles. The first-order chi connectivity index (χ1) is 17.5. The second-order valence-electron chi connectivity index (χ2n) is 8.97. The Kier molecular flexibility index (Phi) is 6.73. The monoisotopic (exact) mass is 483 g/mol. The van der Waals surface area contributed by atoms with Crippen molar-refractivity contribution in [1.29, 1.82) is 0 Å². The Bertz CT molecular complexity index is 1370. The Hall–Kier alpha value is -4.10. The standard InChI is InChI=1S/C29H26FN3O3/c30-26-23(24-15-33-25(31)16-32-24)13-12-22(19-9-5-10-19)29(26)36-17-18-6-4-11-21(14-18)28(35)27(34)20-7-2-1-3-8-20/h1-4,6-8,11-16,19,27,34H,5,9-10,17H2,(H2,31,33). The number of Topliss-reactive ketones (excluding diaryl/α,β-unsaturated/α-hetero) is 1. The van der Waals surface area contributed by atoms with Crippen molar-refractivity contribution < 1.29 is 19.0 Å². The van der Waals surface area contributed by atoms with Crippen molar-refractivity contribution >= 4 is 11.6 Å². The number of halogens is 1. The Morgan fingerprint density at radius 2 is 1.86 bits per heavy atom. The Morgan fingerprint density at radius 1 is 1.06 bits per heavy atom. The van der Waals surface area contributed by atoms with Crippen molar-refractivity contribution in [2.75, 3.05) is 5.73 Å². The number of carbonyl (C=O) groups excluding carboxylic acids is 1. The molecule has 0 spiro atoms. The molecule has 1 fully saturated rings. The molecule has 0 saturated heterocycles. The number of carbonyl (C=O) groups is 1. The predicted octanol–water partition coefficient (Wildman–Crippen LogP) is 5.63. The van der Waals surface area contributed by atoms with Crippen LogP contribution in [0.2, 0.25) is 0 Å². The zero-order chi connectivity index (χ0) is 25.1. The summed E-state index contributed by atoms with van der Waals surface area (Å²) in [6, 6.07) is 19.2. The molecule has 0 radical (unpaired) electrons. The van der Waals surface area contributed by atoms with Gasteiger partial charge in [-0.3, -0.25) is 9.78 Å². The topological polar surface area (TPSA) is 98.3 Å². The lowest BCUT2D eigenvalue weighted by molar-refractivity contribution is 0.0747. The number of rotatable bonds is 8. The molecule has 1 unspecified atom stereocenters. The number of anilines is 1. The second-order valence-corrected chi connectivity index (χ2v) is 8.97. The highest BCUT2D eigenvalue weighted by molar-refractivity contribution is 6.00. The van der Waals surface area contributed by atoms with Crippen molar-refractivity contribution in [3.63, 3.8) is 0 Å². The minimum atomic E-state index is -1.26. The summed E-state index contributed by atoms with van der Waals surface area (Å²) >= 11 is 0. The van der Waals surface area contributed by atoms with Crippen LogP contribution in [0.3, 0.4) is 0 Å². The van der Waals surface area contributed by atoms with E-state index >= 15 is 4.39 Å². The summed E-state index contributed by atoms with van der Waals surface area (Å²) in [6.45, 7) is 0.0655. The van der Waals surface area contributed by atoms with E-state index in [4.69, 9.17) is 10.5 Å². The zero-order valence-electron chi connectivity index (χ0n) is 19.6. The Labute approximate surface area is 208 Å². The number of aromatic nitrogens is 2. The van der Waals surface area contributed by atoms with Gasteiger partial charge in [-0.05, 0) is 42.0 Å². The fourth-order valence-corrected chi connectivity index (χ4v) is 4.35. The van der Waals surface area contributed by atoms with Crippen LogP contribution in [0.4, 0.5) is 10.2 Å². The third kappa shape index (κ3) is 4.83. The van der Waals surface area contributed by atoms with Crippen LogP contribution in [0.5, 0.6) is 5.75 Å². The number of benzene rings is 3. The van der Waals surface area contributed by atoms with E-state index in [9.17, 15) is 9.90 Å². The summed E-state index contributed by atoms with van der Waals surface area (Å²) in [4.78, 5) is 21.1. The first-order valence-corrected chi connectivity index (χ1v) is 11.9. The molecule has 1 aliphatic carbocycles. The summed E-state index contributed by atoms with van der Waals surface area (Å²) in [5, 5.41) is 10.5. The van der Waals surface area contributed by atoms with Gasteiger partial charge >= 0.3 is 0 Å². The van der Waals surface area contributed by atoms with Crippen molar-refractivity contribution in [1.82, 2.24) is 9.97 Å². The van der Waals surface area contributed by atoms with Crippen molar-refractivity contribution in [2.24, 2.45) is 0 Å². The van der Waals surface area contributed by atoms with E-state index in [0.717, 1.165) is 24.8 Å². The lowest BCUT2D eigenvalue weighted by Crippen LogP contribution is -2.13. The maximum absolute atomic E-state index is 15.7. The van der Waals surface area contributed by atoms with E-state index in [1.54, 1.807) is 48.5 Å². The van der Waals surface area contributed by atoms with Crippen molar-refractivity contribution in [3.8, 4) is 17.0 Å². The van der Waals surface area contributed by atoms with E-state index in [1.165, 1.54) is 12.4 Å². The quantitative estimate of drug-likeness (QED) is 0.315. The highest BCUT2D eigenvalue weighted by atomic mass is 19.1. The number of hydrogen-bond acceptors (Lipinski definition) is 6. The molecule has 1 aliphatic rings. The van der Waals surface area contributed by atoms with Gasteiger partial charge in [0, 0.05) is 16.7 Å². The van der Waals surface area contributed by atoms with Crippen LogP contribution in [0.15, 0.2) is 79.1 Å². The molecule has 3 aromatic carbocycles. The summed E-state index contributed by atoms with van der Waals surface area (Å²) in [5.41, 5.74) is 8.69. The van der Waals surface area contributed by atoms with Crippen LogP contribution in [0.1, 0.15) is 58.3 Å². The van der Waals surface area contributed by atoms with E-state index in [-0.39, 0.29) is 29.7 Å². The lowest BCUT2D eigenvalue weighted by atomic mass is 9.79. The molecule has 0 aliphatic heterocycles. The van der Waals surface area contributed by atoms with Gasteiger partial charge in [0.1, 0.15) is 18.5 Å². The molecule has 0 bridgehead atoms. The normalized spacial score (nSPS) is 14.2. The van der Waals surface area contributed by atoms with Gasteiger partial charge in [0.2, 0.25) is 0 Å². The van der Waals surface area contributed by atoms with Gasteiger partial charge in [-0.2, -0.15) is 0 Å². The molecule has 0 amide bonds. The molecule has 1 aromatic heterocycles. The molecule has 7 heteroatoms. The highest BCUT2D eigenvalue weighted by Crippen LogP contribution is 2.44. The fraction of sp³-hybridized carbons (Fsp3) is 0.207. The van der Waals surface area contributed by atoms with Gasteiger partial charge in [0.15, 0.2) is 17.3 Å². The SMILES string of the molecule is Nc1cnc(-c2ccc(C3CCC3)c(OCc3cccc(C(=O)C(O)c4ccccc4)c3)c2F)cn1. The Balaban J connectivity index is 1.40. The van der Waals surface area contributed by atoms with Gasteiger partial charge in [-0.25, -0.2) is 9.37 Å². The van der Waals surface area contributed by atoms with Crippen LogP contribution in [0.25, 0.3) is 11.3 Å². The molecule has 4 aromatic rings. The molecule has 3 N–H and O–H groups in total. The summed E-state index contributed by atoms with van der Waals surface area (Å²) < 4.78 is 21.8. The molecule has 36 heavy (non-hydrogen) atoms. The number of ether oxygens (including phenoxy) is 1. The van der Waals surface area contributed by atoms with Gasteiger partial charge in [0.25, 0.3) is 0 Å². The van der Waals surface area contributed by atoms with Crippen molar-refractivity contribution in [2.45, 2.75) is 37.9 Å². The maximum Gasteiger partial charge on any atom is 0.195 e. The first-order valence-electron chi connectivity index (χ1n) is 11.9. The third-order valence-corrected chi connectivity index (χ3v) is 6.58. The van der Waals surface area contributed by atoms with Crippen LogP contribution < -0.4 is 10.5 Å². The average Bonchev–Trinajstić information content (AvgIpc) is 2.88. The van der Waals surface area contributed by atoms with Crippen LogP contribution in [0, 0.1) is 5.82 Å². The number of nitrogen functional groups attached to an aromatic ring is 1. The first kappa shape index (κ1) is 23.6. The van der Waals surface area contributed by atoms with E-state index in [0.29, 0.717) is 22.4 Å². The number of aliphatic hydroxyl groups excluding tert-OH is 1. The maximum atomic E-state index is 15.7. The second kappa shape index (κ2) is 10.3. The molecular weight excluding hydrogens is 457 g/mol. The summed E-state index contributed by atoms with van der Waals surface area (Å²) in [7, 11) is 0. The predicted molar refractivity (Wildman–Crippen MR) is 135 cm³/mol. The number of nitrogens with two attached hydrogens (primary N) is 1. The number of aliphatic hydroxyl groups is 1. The number of ketones is 1. The zero-order valence-corrected chi connectivity index (χ0v) is 19.6. The highest BCUT2D eigenvalue weighted by Gasteiger charge is 2.27. The van der Waals surface area contributed by atoms with Crippen LogP contribution in [-0.2, 0) is 6.61 Å².